The van der Waals surface area contributed by atoms with Gasteiger partial charge < -0.3 is 16.0 Å². The molecule has 20 heavy (non-hydrogen) atoms. The van der Waals surface area contributed by atoms with Crippen LogP contribution in [0, 0.1) is 24.0 Å². The first kappa shape index (κ1) is 16.2. The summed E-state index contributed by atoms with van der Waals surface area (Å²) in [4.78, 5) is 12.9. The third-order valence-corrected chi connectivity index (χ3v) is 3.76. The smallest absolute Gasteiger partial charge is 0.294 e. The van der Waals surface area contributed by atoms with Gasteiger partial charge in [0.2, 0.25) is 0 Å². The number of nitro benzene ring substituents is 1. The zero-order valence-corrected chi connectivity index (χ0v) is 12.7. The van der Waals surface area contributed by atoms with Crippen LogP contribution in [0.5, 0.6) is 0 Å². The van der Waals surface area contributed by atoms with E-state index in [9.17, 15) is 10.1 Å². The summed E-state index contributed by atoms with van der Waals surface area (Å²) < 4.78 is 0. The van der Waals surface area contributed by atoms with Gasteiger partial charge in [-0.3, -0.25) is 10.1 Å². The van der Waals surface area contributed by atoms with E-state index in [0.717, 1.165) is 43.0 Å². The molecule has 3 N–H and O–H groups in total. The molecule has 0 bridgehead atoms. The fourth-order valence-corrected chi connectivity index (χ4v) is 2.14. The fraction of sp³-hybridized carbons (Fsp3) is 0.571. The number of nitrogens with two attached hydrogens (primary N) is 1. The molecular formula is C14H24N4O2. The molecule has 0 unspecified atom stereocenters. The molecule has 0 saturated carbocycles. The van der Waals surface area contributed by atoms with Gasteiger partial charge in [-0.2, -0.15) is 0 Å². The topological polar surface area (TPSA) is 84.4 Å². The lowest BCUT2D eigenvalue weighted by Crippen LogP contribution is -2.28. The number of likely N-dealkylation sites (N-methyl/N-ethyl adjacent to an activating group) is 1. The SMILES string of the molecule is CCN(CC)CCNc1cc([N+](=O)[O-])c(N)c(C)c1C. The Bertz CT molecular complexity index is 485. The van der Waals surface area contributed by atoms with E-state index in [1.54, 1.807) is 0 Å². The third kappa shape index (κ3) is 3.60. The zero-order chi connectivity index (χ0) is 15.3. The number of nitrogen functional groups attached to an aromatic ring is 1. The molecule has 112 valence electrons. The molecule has 0 spiro atoms. The lowest BCUT2D eigenvalue weighted by Gasteiger charge is -2.19. The predicted molar refractivity (Wildman–Crippen MR) is 83.3 cm³/mol. The van der Waals surface area contributed by atoms with E-state index < -0.39 is 4.92 Å². The van der Waals surface area contributed by atoms with E-state index >= 15 is 0 Å². The molecule has 1 aromatic rings. The van der Waals surface area contributed by atoms with Crippen molar-refractivity contribution in [2.24, 2.45) is 0 Å². The minimum atomic E-state index is -0.433. The van der Waals surface area contributed by atoms with Crippen molar-refractivity contribution in [1.29, 1.82) is 0 Å². The highest BCUT2D eigenvalue weighted by Crippen LogP contribution is 2.32. The molecule has 0 radical (unpaired) electrons. The Morgan fingerprint density at radius 2 is 1.90 bits per heavy atom. The Morgan fingerprint density at radius 1 is 1.30 bits per heavy atom. The Kier molecular flexibility index (Phi) is 5.76. The summed E-state index contributed by atoms with van der Waals surface area (Å²) in [7, 11) is 0. The van der Waals surface area contributed by atoms with Crippen molar-refractivity contribution in [3.8, 4) is 0 Å². The first-order chi connectivity index (χ1) is 9.42. The summed E-state index contributed by atoms with van der Waals surface area (Å²) in [5.74, 6) is 0. The summed E-state index contributed by atoms with van der Waals surface area (Å²) in [6.07, 6.45) is 0. The number of hydrogen-bond acceptors (Lipinski definition) is 5. The Balaban J connectivity index is 2.87. The van der Waals surface area contributed by atoms with Crippen molar-refractivity contribution in [2.75, 3.05) is 37.2 Å². The molecule has 0 heterocycles. The zero-order valence-electron chi connectivity index (χ0n) is 12.7. The molecule has 0 saturated heterocycles. The molecule has 0 aliphatic carbocycles. The van der Waals surface area contributed by atoms with E-state index in [4.69, 9.17) is 5.73 Å². The van der Waals surface area contributed by atoms with Gasteiger partial charge in [-0.15, -0.1) is 0 Å². The van der Waals surface area contributed by atoms with E-state index in [0.29, 0.717) is 0 Å². The largest absolute Gasteiger partial charge is 0.393 e. The van der Waals surface area contributed by atoms with Crippen LogP contribution in [0.15, 0.2) is 6.07 Å². The molecule has 0 atom stereocenters. The lowest BCUT2D eigenvalue weighted by molar-refractivity contribution is -0.383. The summed E-state index contributed by atoms with van der Waals surface area (Å²) in [5.41, 5.74) is 8.54. The van der Waals surface area contributed by atoms with Gasteiger partial charge >= 0.3 is 0 Å². The number of rotatable bonds is 7. The van der Waals surface area contributed by atoms with Crippen LogP contribution in [0.25, 0.3) is 0 Å². The fourth-order valence-electron chi connectivity index (χ4n) is 2.14. The van der Waals surface area contributed by atoms with Crippen molar-refractivity contribution in [1.82, 2.24) is 4.90 Å². The number of nitro groups is 1. The van der Waals surface area contributed by atoms with Crippen molar-refractivity contribution in [3.05, 3.63) is 27.3 Å². The maximum atomic E-state index is 11.0. The quantitative estimate of drug-likeness (QED) is 0.455. The number of nitrogens with one attached hydrogen (secondary N) is 1. The standard InChI is InChI=1S/C14H24N4O2/c1-5-17(6-2)8-7-16-12-9-13(18(19)20)14(15)11(4)10(12)3/h9,16H,5-8,15H2,1-4H3. The molecule has 0 aliphatic heterocycles. The van der Waals surface area contributed by atoms with Gasteiger partial charge in [-0.1, -0.05) is 13.8 Å². The molecule has 0 aromatic heterocycles. The average molecular weight is 280 g/mol. The number of nitrogens with zero attached hydrogens (tertiary/aromatic N) is 2. The summed E-state index contributed by atoms with van der Waals surface area (Å²) in [6, 6.07) is 1.53. The van der Waals surface area contributed by atoms with Crippen LogP contribution in [0.3, 0.4) is 0 Å². The van der Waals surface area contributed by atoms with Gasteiger partial charge in [0, 0.05) is 24.8 Å². The lowest BCUT2D eigenvalue weighted by atomic mass is 10.0. The van der Waals surface area contributed by atoms with Gasteiger partial charge in [0.05, 0.1) is 4.92 Å². The summed E-state index contributed by atoms with van der Waals surface area (Å²) >= 11 is 0. The van der Waals surface area contributed by atoms with Crippen molar-refractivity contribution in [3.63, 3.8) is 0 Å². The molecule has 0 aliphatic rings. The summed E-state index contributed by atoms with van der Waals surface area (Å²) in [6.45, 7) is 11.6. The average Bonchev–Trinajstić information content (AvgIpc) is 2.43. The molecule has 6 heteroatoms. The van der Waals surface area contributed by atoms with Gasteiger partial charge in [-0.25, -0.2) is 0 Å². The van der Waals surface area contributed by atoms with Crippen LogP contribution >= 0.6 is 0 Å². The van der Waals surface area contributed by atoms with Crippen LogP contribution in [0.1, 0.15) is 25.0 Å². The highest BCUT2D eigenvalue weighted by atomic mass is 16.6. The minimum Gasteiger partial charge on any atom is -0.393 e. The normalized spacial score (nSPS) is 10.8. The van der Waals surface area contributed by atoms with E-state index in [-0.39, 0.29) is 11.4 Å². The minimum absolute atomic E-state index is 0.0292. The van der Waals surface area contributed by atoms with Gasteiger partial charge in [0.15, 0.2) is 0 Å². The summed E-state index contributed by atoms with van der Waals surface area (Å²) in [5, 5.41) is 14.3. The first-order valence-electron chi connectivity index (χ1n) is 6.92. The van der Waals surface area contributed by atoms with Crippen LogP contribution < -0.4 is 11.1 Å². The maximum absolute atomic E-state index is 11.0. The molecule has 0 amide bonds. The second-order valence-electron chi connectivity index (χ2n) is 4.82. The Labute approximate surface area is 120 Å². The van der Waals surface area contributed by atoms with Gasteiger partial charge in [-0.05, 0) is 38.1 Å². The number of benzene rings is 1. The molecule has 0 fully saturated rings. The van der Waals surface area contributed by atoms with Crippen LogP contribution in [-0.2, 0) is 0 Å². The van der Waals surface area contributed by atoms with E-state index in [2.05, 4.69) is 24.1 Å². The molecule has 1 aromatic carbocycles. The first-order valence-corrected chi connectivity index (χ1v) is 6.92. The van der Waals surface area contributed by atoms with Crippen molar-refractivity contribution < 1.29 is 4.92 Å². The predicted octanol–water partition coefficient (Wildman–Crippen LogP) is 2.55. The van der Waals surface area contributed by atoms with Gasteiger partial charge in [0.1, 0.15) is 5.69 Å². The molecule has 6 nitrogen and oxygen atoms in total. The van der Waals surface area contributed by atoms with Crippen LogP contribution in [-0.4, -0.2) is 36.0 Å². The number of anilines is 2. The highest BCUT2D eigenvalue weighted by molar-refractivity contribution is 5.73. The maximum Gasteiger partial charge on any atom is 0.294 e. The van der Waals surface area contributed by atoms with Crippen molar-refractivity contribution in [2.45, 2.75) is 27.7 Å². The molecule has 1 rings (SSSR count). The van der Waals surface area contributed by atoms with Crippen LogP contribution in [0.2, 0.25) is 0 Å². The van der Waals surface area contributed by atoms with E-state index in [1.807, 2.05) is 13.8 Å². The third-order valence-electron chi connectivity index (χ3n) is 3.76. The molecular weight excluding hydrogens is 256 g/mol. The second kappa shape index (κ2) is 7.09. The Hall–Kier alpha value is -1.82. The van der Waals surface area contributed by atoms with Gasteiger partial charge in [0.25, 0.3) is 5.69 Å². The Morgan fingerprint density at radius 3 is 2.40 bits per heavy atom. The highest BCUT2D eigenvalue weighted by Gasteiger charge is 2.18. The monoisotopic (exact) mass is 280 g/mol. The van der Waals surface area contributed by atoms with E-state index in [1.165, 1.54) is 6.07 Å². The van der Waals surface area contributed by atoms with Crippen LogP contribution in [0.4, 0.5) is 17.1 Å². The number of hydrogen-bond donors (Lipinski definition) is 2. The van der Waals surface area contributed by atoms with Crippen molar-refractivity contribution >= 4 is 17.1 Å². The second-order valence-corrected chi connectivity index (χ2v) is 4.82.